The molecule has 0 saturated heterocycles. The topological polar surface area (TPSA) is 86.7 Å². The van der Waals surface area contributed by atoms with Gasteiger partial charge in [-0.05, 0) is 27.7 Å². The van der Waals surface area contributed by atoms with Crippen molar-refractivity contribution in [1.82, 2.24) is 0 Å². The molecule has 0 fully saturated rings. The van der Waals surface area contributed by atoms with E-state index in [1.165, 1.54) is 26.0 Å². The predicted molar refractivity (Wildman–Crippen MR) is 74.8 cm³/mol. The maximum absolute atomic E-state index is 11.5. The number of allylic oxidation sites excluding steroid dienone is 2. The van der Waals surface area contributed by atoms with E-state index in [4.69, 9.17) is 0 Å². The monoisotopic (exact) mass is 294 g/mol. The first-order valence-electron chi connectivity index (χ1n) is 6.18. The van der Waals surface area contributed by atoms with Gasteiger partial charge in [-0.25, -0.2) is 14.4 Å². The molecule has 0 N–H and O–H groups in total. The molecule has 0 unspecified atom stereocenters. The first-order valence-corrected chi connectivity index (χ1v) is 6.18. The second kappa shape index (κ2) is 8.63. The summed E-state index contributed by atoms with van der Waals surface area (Å²) in [4.78, 5) is 45.6. The Balaban J connectivity index is 4.49. The number of carbonyl (C=O) groups is 4. The number of esters is 4. The van der Waals surface area contributed by atoms with E-state index in [-0.39, 0.29) is 16.7 Å². The first kappa shape index (κ1) is 18.5. The zero-order valence-corrected chi connectivity index (χ0v) is 12.5. The van der Waals surface area contributed by atoms with Crippen LogP contribution >= 0.6 is 0 Å². The number of ether oxygens (including phenoxy) is 2. The molecule has 0 rings (SSSR count). The van der Waals surface area contributed by atoms with Gasteiger partial charge in [-0.2, -0.15) is 0 Å². The normalized spacial score (nSPS) is 11.6. The molecule has 0 aromatic heterocycles. The largest absolute Gasteiger partial charge is 0.389 e. The van der Waals surface area contributed by atoms with Gasteiger partial charge >= 0.3 is 23.9 Å². The Morgan fingerprint density at radius 2 is 1.29 bits per heavy atom. The van der Waals surface area contributed by atoms with Gasteiger partial charge in [0, 0.05) is 16.7 Å². The fourth-order valence-electron chi connectivity index (χ4n) is 0.939. The molecule has 0 aromatic rings. The molecule has 0 aliphatic carbocycles. The molecular formula is C15H18O6. The maximum Gasteiger partial charge on any atom is 0.341 e. The highest BCUT2D eigenvalue weighted by Crippen LogP contribution is 2.07. The van der Waals surface area contributed by atoms with Gasteiger partial charge in [-0.1, -0.05) is 18.7 Å². The zero-order chi connectivity index (χ0) is 16.6. The van der Waals surface area contributed by atoms with Crippen LogP contribution in [0.5, 0.6) is 0 Å². The summed E-state index contributed by atoms with van der Waals surface area (Å²) in [7, 11) is 0. The lowest BCUT2D eigenvalue weighted by Crippen LogP contribution is -2.19. The highest BCUT2D eigenvalue weighted by molar-refractivity contribution is 6.04. The van der Waals surface area contributed by atoms with Crippen molar-refractivity contribution in [2.45, 2.75) is 34.1 Å². The molecule has 0 amide bonds. The van der Waals surface area contributed by atoms with Crippen LogP contribution in [0.2, 0.25) is 0 Å². The van der Waals surface area contributed by atoms with Crippen molar-refractivity contribution in [2.24, 2.45) is 0 Å². The second-order valence-corrected chi connectivity index (χ2v) is 4.16. The maximum atomic E-state index is 11.5. The second-order valence-electron chi connectivity index (χ2n) is 4.16. The van der Waals surface area contributed by atoms with Crippen LogP contribution in [0.4, 0.5) is 0 Å². The molecule has 0 heterocycles. The number of rotatable bonds is 5. The van der Waals surface area contributed by atoms with Gasteiger partial charge in [-0.3, -0.25) is 4.79 Å². The molecular weight excluding hydrogens is 276 g/mol. The highest BCUT2D eigenvalue weighted by Gasteiger charge is 2.20. The Labute approximate surface area is 123 Å². The standard InChI is InChI=1S/C15H18O6/c1-6-9(3)13(17)20-12(16)8-11(5)15(19)21-14(18)10(4)7-2/h6-7H,5,8H2,1-4H3. The minimum absolute atomic E-state index is 0.248. The molecule has 0 aliphatic rings. The third kappa shape index (κ3) is 6.47. The van der Waals surface area contributed by atoms with E-state index in [9.17, 15) is 19.2 Å². The third-order valence-electron chi connectivity index (χ3n) is 2.55. The van der Waals surface area contributed by atoms with Crippen molar-refractivity contribution in [3.05, 3.63) is 35.5 Å². The average Bonchev–Trinajstić information content (AvgIpc) is 2.44. The fourth-order valence-corrected chi connectivity index (χ4v) is 0.939. The van der Waals surface area contributed by atoms with Crippen molar-refractivity contribution < 1.29 is 28.7 Å². The SMILES string of the molecule is C=C(CC(=O)OC(=O)C(C)=CC)C(=O)OC(=O)C(C)=CC. The summed E-state index contributed by atoms with van der Waals surface area (Å²) in [6, 6.07) is 0. The zero-order valence-electron chi connectivity index (χ0n) is 12.5. The Kier molecular flexibility index (Phi) is 7.60. The van der Waals surface area contributed by atoms with Gasteiger partial charge < -0.3 is 9.47 Å². The average molecular weight is 294 g/mol. The van der Waals surface area contributed by atoms with Gasteiger partial charge in [0.25, 0.3) is 0 Å². The molecule has 0 spiro atoms. The molecule has 0 bridgehead atoms. The molecule has 6 nitrogen and oxygen atoms in total. The first-order chi connectivity index (χ1) is 9.72. The lowest BCUT2D eigenvalue weighted by Gasteiger charge is -2.06. The summed E-state index contributed by atoms with van der Waals surface area (Å²) in [5.41, 5.74) is 0.233. The van der Waals surface area contributed by atoms with E-state index in [1.54, 1.807) is 13.8 Å². The van der Waals surface area contributed by atoms with Crippen LogP contribution in [-0.2, 0) is 28.7 Å². The molecule has 0 aromatic carbocycles. The van der Waals surface area contributed by atoms with E-state index in [0.29, 0.717) is 0 Å². The summed E-state index contributed by atoms with van der Waals surface area (Å²) in [5.74, 6) is -3.60. The highest BCUT2D eigenvalue weighted by atomic mass is 16.6. The quantitative estimate of drug-likeness (QED) is 0.438. The van der Waals surface area contributed by atoms with Gasteiger partial charge in [0.2, 0.25) is 0 Å². The lowest BCUT2D eigenvalue weighted by molar-refractivity contribution is -0.159. The Morgan fingerprint density at radius 1 is 0.857 bits per heavy atom. The van der Waals surface area contributed by atoms with Crippen LogP contribution in [0.3, 0.4) is 0 Å². The van der Waals surface area contributed by atoms with Crippen molar-refractivity contribution in [3.63, 3.8) is 0 Å². The summed E-state index contributed by atoms with van der Waals surface area (Å²) in [5, 5.41) is 0. The Bertz CT molecular complexity index is 536. The minimum atomic E-state index is -1.03. The van der Waals surface area contributed by atoms with Crippen LogP contribution in [0, 0.1) is 0 Å². The summed E-state index contributed by atoms with van der Waals surface area (Å²) in [6.07, 6.45) is 2.42. The minimum Gasteiger partial charge on any atom is -0.389 e. The van der Waals surface area contributed by atoms with Crippen molar-refractivity contribution in [1.29, 1.82) is 0 Å². The molecule has 0 atom stereocenters. The van der Waals surface area contributed by atoms with Crippen LogP contribution in [0.1, 0.15) is 34.1 Å². The fraction of sp³-hybridized carbons (Fsp3) is 0.333. The van der Waals surface area contributed by atoms with E-state index >= 15 is 0 Å². The Morgan fingerprint density at radius 3 is 1.71 bits per heavy atom. The Hall–Kier alpha value is -2.50. The predicted octanol–water partition coefficient (Wildman–Crippen LogP) is 2.00. The smallest absolute Gasteiger partial charge is 0.341 e. The van der Waals surface area contributed by atoms with Crippen molar-refractivity contribution in [3.8, 4) is 0 Å². The van der Waals surface area contributed by atoms with E-state index in [1.807, 2.05) is 0 Å². The van der Waals surface area contributed by atoms with E-state index < -0.39 is 30.3 Å². The van der Waals surface area contributed by atoms with Crippen molar-refractivity contribution >= 4 is 23.9 Å². The van der Waals surface area contributed by atoms with Gasteiger partial charge in [0.05, 0.1) is 6.42 Å². The van der Waals surface area contributed by atoms with Crippen LogP contribution < -0.4 is 0 Å². The third-order valence-corrected chi connectivity index (χ3v) is 2.55. The number of hydrogen-bond donors (Lipinski definition) is 0. The van der Waals surface area contributed by atoms with Crippen LogP contribution in [-0.4, -0.2) is 23.9 Å². The van der Waals surface area contributed by atoms with Crippen LogP contribution in [0.15, 0.2) is 35.5 Å². The molecule has 0 saturated carbocycles. The molecule has 0 radical (unpaired) electrons. The molecule has 114 valence electrons. The molecule has 0 aliphatic heterocycles. The summed E-state index contributed by atoms with van der Waals surface area (Å²) >= 11 is 0. The summed E-state index contributed by atoms with van der Waals surface area (Å²) in [6.45, 7) is 9.52. The number of carbonyl (C=O) groups excluding carboxylic acids is 4. The lowest BCUT2D eigenvalue weighted by atomic mass is 10.2. The molecule has 6 heteroatoms. The summed E-state index contributed by atoms with van der Waals surface area (Å²) < 4.78 is 8.98. The molecule has 21 heavy (non-hydrogen) atoms. The van der Waals surface area contributed by atoms with Crippen molar-refractivity contribution in [2.75, 3.05) is 0 Å². The number of hydrogen-bond acceptors (Lipinski definition) is 6. The van der Waals surface area contributed by atoms with Gasteiger partial charge in [-0.15, -0.1) is 0 Å². The van der Waals surface area contributed by atoms with E-state index in [0.717, 1.165) is 0 Å². The van der Waals surface area contributed by atoms with Crippen LogP contribution in [0.25, 0.3) is 0 Å². The van der Waals surface area contributed by atoms with E-state index in [2.05, 4.69) is 16.1 Å². The van der Waals surface area contributed by atoms with Gasteiger partial charge in [0.15, 0.2) is 0 Å². The van der Waals surface area contributed by atoms with Gasteiger partial charge in [0.1, 0.15) is 0 Å².